The molecule has 23 heavy (non-hydrogen) atoms. The van der Waals surface area contributed by atoms with Gasteiger partial charge in [0.2, 0.25) is 0 Å². The summed E-state index contributed by atoms with van der Waals surface area (Å²) in [5.41, 5.74) is 1.21. The molecule has 1 aliphatic rings. The molecule has 130 valence electrons. The molecule has 4 heteroatoms. The molecule has 0 spiro atoms. The Morgan fingerprint density at radius 3 is 2.48 bits per heavy atom. The summed E-state index contributed by atoms with van der Waals surface area (Å²) in [5, 5.41) is 12.6. The Morgan fingerprint density at radius 1 is 1.04 bits per heavy atom. The van der Waals surface area contributed by atoms with Gasteiger partial charge in [-0.1, -0.05) is 38.2 Å². The van der Waals surface area contributed by atoms with E-state index in [4.69, 9.17) is 14.6 Å². The van der Waals surface area contributed by atoms with E-state index in [9.17, 15) is 0 Å². The molecule has 0 amide bonds. The Kier molecular flexibility index (Phi) is 8.26. The van der Waals surface area contributed by atoms with E-state index >= 15 is 0 Å². The molecule has 0 radical (unpaired) electrons. The molecule has 1 aromatic rings. The maximum absolute atomic E-state index is 8.90. The van der Waals surface area contributed by atoms with Crippen molar-refractivity contribution in [2.24, 2.45) is 0 Å². The maximum atomic E-state index is 8.90. The fourth-order valence-electron chi connectivity index (χ4n) is 3.13. The summed E-state index contributed by atoms with van der Waals surface area (Å²) in [6.07, 6.45) is 9.42. The van der Waals surface area contributed by atoms with Crippen LogP contribution in [0.3, 0.4) is 0 Å². The Morgan fingerprint density at radius 2 is 1.78 bits per heavy atom. The predicted octanol–water partition coefficient (Wildman–Crippen LogP) is 3.66. The van der Waals surface area contributed by atoms with Gasteiger partial charge in [-0.2, -0.15) is 0 Å². The second-order valence-electron chi connectivity index (χ2n) is 6.21. The van der Waals surface area contributed by atoms with E-state index in [1.165, 1.54) is 50.5 Å². The summed E-state index contributed by atoms with van der Waals surface area (Å²) >= 11 is 0. The molecule has 0 aliphatic heterocycles. The van der Waals surface area contributed by atoms with Gasteiger partial charge < -0.3 is 19.9 Å². The van der Waals surface area contributed by atoms with Gasteiger partial charge in [0, 0.05) is 12.6 Å². The van der Waals surface area contributed by atoms with E-state index in [1.54, 1.807) is 0 Å². The van der Waals surface area contributed by atoms with Crippen LogP contribution in [0.2, 0.25) is 0 Å². The van der Waals surface area contributed by atoms with Crippen molar-refractivity contribution in [1.82, 2.24) is 5.32 Å². The molecule has 0 unspecified atom stereocenters. The van der Waals surface area contributed by atoms with Crippen LogP contribution in [-0.2, 0) is 6.54 Å². The Balaban J connectivity index is 1.91. The van der Waals surface area contributed by atoms with Gasteiger partial charge in [0.05, 0.1) is 13.2 Å². The molecule has 0 saturated heterocycles. The molecule has 0 aromatic heterocycles. The zero-order valence-electron chi connectivity index (χ0n) is 14.4. The van der Waals surface area contributed by atoms with Crippen LogP contribution >= 0.6 is 0 Å². The molecule has 0 bridgehead atoms. The fraction of sp³-hybridized carbons (Fsp3) is 0.684. The molecule has 0 heterocycles. The highest BCUT2D eigenvalue weighted by molar-refractivity contribution is 5.43. The third-order valence-corrected chi connectivity index (χ3v) is 4.36. The van der Waals surface area contributed by atoms with Crippen LogP contribution in [0.1, 0.15) is 57.4 Å². The van der Waals surface area contributed by atoms with E-state index in [1.807, 2.05) is 19.1 Å². The van der Waals surface area contributed by atoms with Crippen LogP contribution in [0.4, 0.5) is 0 Å². The lowest BCUT2D eigenvalue weighted by atomic mass is 9.96. The summed E-state index contributed by atoms with van der Waals surface area (Å²) in [4.78, 5) is 0. The molecular formula is C19H31NO3. The zero-order chi connectivity index (χ0) is 16.3. The van der Waals surface area contributed by atoms with E-state index in [2.05, 4.69) is 11.4 Å². The molecule has 4 nitrogen and oxygen atoms in total. The standard InChI is InChI=1S/C19H31NO3/c1-2-22-19-14-16(10-11-18(19)23-13-12-21)15-20-17-8-6-4-3-5-7-9-17/h10-11,14,17,20-21H,2-9,12-13,15H2,1H3. The lowest BCUT2D eigenvalue weighted by Crippen LogP contribution is -2.29. The van der Waals surface area contributed by atoms with Gasteiger partial charge in [0.1, 0.15) is 6.61 Å². The topological polar surface area (TPSA) is 50.7 Å². The molecule has 1 fully saturated rings. The van der Waals surface area contributed by atoms with Gasteiger partial charge in [0.15, 0.2) is 11.5 Å². The highest BCUT2D eigenvalue weighted by Crippen LogP contribution is 2.28. The van der Waals surface area contributed by atoms with Crippen LogP contribution in [0.15, 0.2) is 18.2 Å². The third kappa shape index (κ3) is 6.40. The van der Waals surface area contributed by atoms with Crippen molar-refractivity contribution in [1.29, 1.82) is 0 Å². The van der Waals surface area contributed by atoms with Crippen molar-refractivity contribution < 1.29 is 14.6 Å². The van der Waals surface area contributed by atoms with E-state index < -0.39 is 0 Å². The predicted molar refractivity (Wildman–Crippen MR) is 93.1 cm³/mol. The summed E-state index contributed by atoms with van der Waals surface area (Å²) in [7, 11) is 0. The van der Waals surface area contributed by atoms with Gasteiger partial charge in [-0.15, -0.1) is 0 Å². The monoisotopic (exact) mass is 321 g/mol. The smallest absolute Gasteiger partial charge is 0.161 e. The molecule has 1 aliphatic carbocycles. The average molecular weight is 321 g/mol. The van der Waals surface area contributed by atoms with Crippen LogP contribution in [0.25, 0.3) is 0 Å². The average Bonchev–Trinajstić information content (AvgIpc) is 2.53. The van der Waals surface area contributed by atoms with Crippen molar-refractivity contribution in [2.75, 3.05) is 19.8 Å². The lowest BCUT2D eigenvalue weighted by Gasteiger charge is -2.21. The fourth-order valence-corrected chi connectivity index (χ4v) is 3.13. The van der Waals surface area contributed by atoms with Crippen LogP contribution < -0.4 is 14.8 Å². The Labute approximate surface area is 140 Å². The largest absolute Gasteiger partial charge is 0.490 e. The highest BCUT2D eigenvalue weighted by Gasteiger charge is 2.12. The lowest BCUT2D eigenvalue weighted by molar-refractivity contribution is 0.194. The molecular weight excluding hydrogens is 290 g/mol. The number of hydrogen-bond donors (Lipinski definition) is 2. The van der Waals surface area contributed by atoms with E-state index in [0.717, 1.165) is 12.3 Å². The Hall–Kier alpha value is -1.26. The number of benzene rings is 1. The van der Waals surface area contributed by atoms with Gasteiger partial charge in [-0.25, -0.2) is 0 Å². The minimum absolute atomic E-state index is 0.0105. The van der Waals surface area contributed by atoms with Gasteiger partial charge in [0.25, 0.3) is 0 Å². The van der Waals surface area contributed by atoms with Crippen molar-refractivity contribution in [3.8, 4) is 11.5 Å². The number of ether oxygens (including phenoxy) is 2. The van der Waals surface area contributed by atoms with Crippen molar-refractivity contribution in [3.63, 3.8) is 0 Å². The van der Waals surface area contributed by atoms with Crippen molar-refractivity contribution in [2.45, 2.75) is 64.5 Å². The van der Waals surface area contributed by atoms with Gasteiger partial charge in [-0.05, 0) is 37.5 Å². The first kappa shape index (κ1) is 18.1. The summed E-state index contributed by atoms with van der Waals surface area (Å²) in [6.45, 7) is 3.74. The summed E-state index contributed by atoms with van der Waals surface area (Å²) in [6, 6.07) is 6.70. The van der Waals surface area contributed by atoms with E-state index in [0.29, 0.717) is 25.0 Å². The third-order valence-electron chi connectivity index (χ3n) is 4.36. The van der Waals surface area contributed by atoms with Crippen molar-refractivity contribution in [3.05, 3.63) is 23.8 Å². The number of rotatable bonds is 8. The van der Waals surface area contributed by atoms with E-state index in [-0.39, 0.29) is 6.61 Å². The molecule has 1 aromatic carbocycles. The number of nitrogens with one attached hydrogen (secondary N) is 1. The first-order valence-electron chi connectivity index (χ1n) is 9.06. The van der Waals surface area contributed by atoms with Crippen LogP contribution in [0.5, 0.6) is 11.5 Å². The number of hydrogen-bond acceptors (Lipinski definition) is 4. The first-order chi connectivity index (χ1) is 11.3. The maximum Gasteiger partial charge on any atom is 0.161 e. The minimum Gasteiger partial charge on any atom is -0.490 e. The van der Waals surface area contributed by atoms with Crippen LogP contribution in [-0.4, -0.2) is 31.0 Å². The molecule has 2 rings (SSSR count). The van der Waals surface area contributed by atoms with Gasteiger partial charge >= 0.3 is 0 Å². The molecule has 0 atom stereocenters. The van der Waals surface area contributed by atoms with Crippen LogP contribution in [0, 0.1) is 0 Å². The first-order valence-corrected chi connectivity index (χ1v) is 9.06. The second-order valence-corrected chi connectivity index (χ2v) is 6.21. The van der Waals surface area contributed by atoms with Crippen molar-refractivity contribution >= 4 is 0 Å². The molecule has 1 saturated carbocycles. The normalized spacial score (nSPS) is 16.6. The summed E-state index contributed by atoms with van der Waals surface area (Å²) in [5.74, 6) is 1.47. The SMILES string of the molecule is CCOc1cc(CNC2CCCCCCC2)ccc1OCCO. The quantitative estimate of drug-likeness (QED) is 0.767. The zero-order valence-corrected chi connectivity index (χ0v) is 14.4. The number of aliphatic hydroxyl groups excluding tert-OH is 1. The molecule has 2 N–H and O–H groups in total. The van der Waals surface area contributed by atoms with Gasteiger partial charge in [-0.3, -0.25) is 0 Å². The highest BCUT2D eigenvalue weighted by atomic mass is 16.5. The second kappa shape index (κ2) is 10.5. The minimum atomic E-state index is 0.0105. The number of aliphatic hydroxyl groups is 1. The summed E-state index contributed by atoms with van der Waals surface area (Å²) < 4.78 is 11.2. The Bertz CT molecular complexity index is 442.